The number of hydrogen-bond acceptors (Lipinski definition) is 3. The third-order valence-electron chi connectivity index (χ3n) is 4.14. The zero-order valence-corrected chi connectivity index (χ0v) is 13.0. The number of benzene rings is 1. The number of nitrogens with one attached hydrogen (secondary N) is 1. The molecule has 1 aliphatic rings. The van der Waals surface area contributed by atoms with Gasteiger partial charge in [-0.2, -0.15) is 5.26 Å². The van der Waals surface area contributed by atoms with Gasteiger partial charge in [-0.05, 0) is 50.8 Å². The van der Waals surface area contributed by atoms with Crippen LogP contribution in [0.5, 0.6) is 0 Å². The lowest BCUT2D eigenvalue weighted by Crippen LogP contribution is -2.49. The van der Waals surface area contributed by atoms with Gasteiger partial charge in [0, 0.05) is 6.54 Å². The van der Waals surface area contributed by atoms with Gasteiger partial charge in [0.15, 0.2) is 0 Å². The van der Waals surface area contributed by atoms with Crippen LogP contribution in [0, 0.1) is 24.2 Å². The summed E-state index contributed by atoms with van der Waals surface area (Å²) in [5.74, 6) is 0.232. The van der Waals surface area contributed by atoms with E-state index in [2.05, 4.69) is 30.4 Å². The average molecular weight is 285 g/mol. The Morgan fingerprint density at radius 3 is 2.71 bits per heavy atom. The fourth-order valence-corrected chi connectivity index (χ4v) is 2.59. The highest BCUT2D eigenvalue weighted by Gasteiger charge is 2.42. The minimum atomic E-state index is -0.708. The molecule has 1 fully saturated rings. The van der Waals surface area contributed by atoms with Gasteiger partial charge in [0.05, 0.1) is 12.6 Å². The molecule has 1 amide bonds. The van der Waals surface area contributed by atoms with Crippen molar-refractivity contribution >= 4 is 5.91 Å². The van der Waals surface area contributed by atoms with E-state index in [9.17, 15) is 10.1 Å². The van der Waals surface area contributed by atoms with E-state index in [0.29, 0.717) is 12.5 Å². The van der Waals surface area contributed by atoms with Gasteiger partial charge in [0.1, 0.15) is 5.54 Å². The van der Waals surface area contributed by atoms with Crippen LogP contribution in [-0.4, -0.2) is 29.9 Å². The highest BCUT2D eigenvalue weighted by atomic mass is 16.2. The lowest BCUT2D eigenvalue weighted by Gasteiger charge is -2.25. The molecule has 112 valence electrons. The van der Waals surface area contributed by atoms with E-state index in [-0.39, 0.29) is 5.91 Å². The molecule has 1 atom stereocenters. The van der Waals surface area contributed by atoms with Gasteiger partial charge in [-0.1, -0.05) is 24.3 Å². The van der Waals surface area contributed by atoms with E-state index in [4.69, 9.17) is 0 Å². The third kappa shape index (κ3) is 4.05. The molecule has 0 radical (unpaired) electrons. The smallest absolute Gasteiger partial charge is 0.235 e. The molecule has 0 spiro atoms. The molecule has 1 N–H and O–H groups in total. The van der Waals surface area contributed by atoms with Crippen molar-refractivity contribution in [2.24, 2.45) is 5.92 Å². The molecule has 21 heavy (non-hydrogen) atoms. The Kier molecular flexibility index (Phi) is 4.64. The molecule has 0 saturated heterocycles. The van der Waals surface area contributed by atoms with Crippen molar-refractivity contribution in [1.82, 2.24) is 10.2 Å². The molecule has 1 saturated carbocycles. The standard InChI is InChI=1S/C17H23N3O/c1-13-6-4-5-7-14(13)10-20(3)11-16(21)19-17(2,12-18)15-8-9-15/h4-7,15H,8-11H2,1-3H3,(H,19,21)/t17-/m0/s1. The molecule has 4 heteroatoms. The van der Waals surface area contributed by atoms with E-state index in [1.54, 1.807) is 0 Å². The largest absolute Gasteiger partial charge is 0.337 e. The van der Waals surface area contributed by atoms with Gasteiger partial charge in [0.25, 0.3) is 0 Å². The van der Waals surface area contributed by atoms with Crippen molar-refractivity contribution in [2.45, 2.75) is 38.8 Å². The molecule has 1 aromatic rings. The molecule has 1 aliphatic carbocycles. The number of nitrogens with zero attached hydrogens (tertiary/aromatic N) is 2. The van der Waals surface area contributed by atoms with Gasteiger partial charge >= 0.3 is 0 Å². The summed E-state index contributed by atoms with van der Waals surface area (Å²) in [6, 6.07) is 10.4. The molecular weight excluding hydrogens is 262 g/mol. The second-order valence-corrected chi connectivity index (χ2v) is 6.24. The normalized spacial score (nSPS) is 17.1. The Labute approximate surface area is 126 Å². The lowest BCUT2D eigenvalue weighted by atomic mass is 9.98. The van der Waals surface area contributed by atoms with Crippen molar-refractivity contribution in [3.63, 3.8) is 0 Å². The van der Waals surface area contributed by atoms with E-state index in [0.717, 1.165) is 19.4 Å². The first-order valence-corrected chi connectivity index (χ1v) is 7.40. The monoisotopic (exact) mass is 285 g/mol. The van der Waals surface area contributed by atoms with Crippen LogP contribution in [0.15, 0.2) is 24.3 Å². The van der Waals surface area contributed by atoms with Gasteiger partial charge in [-0.3, -0.25) is 9.69 Å². The Balaban J connectivity index is 1.88. The van der Waals surface area contributed by atoms with Gasteiger partial charge in [-0.15, -0.1) is 0 Å². The second kappa shape index (κ2) is 6.28. The summed E-state index contributed by atoms with van der Waals surface area (Å²) in [5.41, 5.74) is 1.74. The first kappa shape index (κ1) is 15.5. The number of likely N-dealkylation sites (N-methyl/N-ethyl adjacent to an activating group) is 1. The molecule has 0 bridgehead atoms. The van der Waals surface area contributed by atoms with Crippen molar-refractivity contribution in [1.29, 1.82) is 5.26 Å². The molecular formula is C17H23N3O. The van der Waals surface area contributed by atoms with Gasteiger partial charge < -0.3 is 5.32 Å². The number of nitriles is 1. The highest BCUT2D eigenvalue weighted by Crippen LogP contribution is 2.39. The van der Waals surface area contributed by atoms with Crippen LogP contribution in [0.3, 0.4) is 0 Å². The van der Waals surface area contributed by atoms with Crippen LogP contribution in [0.4, 0.5) is 0 Å². The number of hydrogen-bond donors (Lipinski definition) is 1. The van der Waals surface area contributed by atoms with Gasteiger partial charge in [0.2, 0.25) is 5.91 Å². The van der Waals surface area contributed by atoms with Crippen LogP contribution in [0.1, 0.15) is 30.9 Å². The molecule has 1 aromatic carbocycles. The molecule has 0 unspecified atom stereocenters. The second-order valence-electron chi connectivity index (χ2n) is 6.24. The van der Waals surface area contributed by atoms with Crippen molar-refractivity contribution < 1.29 is 4.79 Å². The third-order valence-corrected chi connectivity index (χ3v) is 4.14. The topological polar surface area (TPSA) is 56.1 Å². The van der Waals surface area contributed by atoms with Crippen LogP contribution < -0.4 is 5.32 Å². The summed E-state index contributed by atoms with van der Waals surface area (Å²) in [4.78, 5) is 14.1. The molecule has 2 rings (SSSR count). The quantitative estimate of drug-likeness (QED) is 0.872. The average Bonchev–Trinajstić information content (AvgIpc) is 3.25. The summed E-state index contributed by atoms with van der Waals surface area (Å²) in [5, 5.41) is 12.2. The maximum Gasteiger partial charge on any atom is 0.235 e. The minimum absolute atomic E-state index is 0.0814. The summed E-state index contributed by atoms with van der Waals surface area (Å²) in [6.45, 7) is 4.93. The highest BCUT2D eigenvalue weighted by molar-refractivity contribution is 5.79. The Morgan fingerprint density at radius 2 is 2.14 bits per heavy atom. The zero-order valence-electron chi connectivity index (χ0n) is 13.0. The summed E-state index contributed by atoms with van der Waals surface area (Å²) >= 11 is 0. The van der Waals surface area contributed by atoms with E-state index in [1.807, 2.05) is 31.0 Å². The predicted molar refractivity (Wildman–Crippen MR) is 82.4 cm³/mol. The van der Waals surface area contributed by atoms with Crippen molar-refractivity contribution in [3.05, 3.63) is 35.4 Å². The first-order chi connectivity index (χ1) is 9.94. The SMILES string of the molecule is Cc1ccccc1CN(C)CC(=O)N[C@@](C)(C#N)C1CC1. The number of carbonyl (C=O) groups excluding carboxylic acids is 1. The van der Waals surface area contributed by atoms with Crippen molar-refractivity contribution in [3.8, 4) is 6.07 Å². The Hall–Kier alpha value is -1.86. The summed E-state index contributed by atoms with van der Waals surface area (Å²) in [6.07, 6.45) is 2.06. The fraction of sp³-hybridized carbons (Fsp3) is 0.529. The number of aryl methyl sites for hydroxylation is 1. The summed E-state index contributed by atoms with van der Waals surface area (Å²) in [7, 11) is 1.92. The maximum atomic E-state index is 12.1. The van der Waals surface area contributed by atoms with E-state index < -0.39 is 5.54 Å². The number of carbonyl (C=O) groups is 1. The molecule has 4 nitrogen and oxygen atoms in total. The Morgan fingerprint density at radius 1 is 1.48 bits per heavy atom. The van der Waals surface area contributed by atoms with Crippen molar-refractivity contribution in [2.75, 3.05) is 13.6 Å². The molecule has 0 aliphatic heterocycles. The van der Waals surface area contributed by atoms with E-state index >= 15 is 0 Å². The van der Waals surface area contributed by atoms with Crippen LogP contribution >= 0.6 is 0 Å². The summed E-state index contributed by atoms with van der Waals surface area (Å²) < 4.78 is 0. The van der Waals surface area contributed by atoms with Crippen LogP contribution in [0.2, 0.25) is 0 Å². The number of amides is 1. The van der Waals surface area contributed by atoms with Crippen LogP contribution in [0.25, 0.3) is 0 Å². The molecule has 0 aromatic heterocycles. The zero-order chi connectivity index (χ0) is 15.5. The van der Waals surface area contributed by atoms with E-state index in [1.165, 1.54) is 11.1 Å². The first-order valence-electron chi connectivity index (χ1n) is 7.40. The Bertz CT molecular complexity index is 559. The maximum absolute atomic E-state index is 12.1. The predicted octanol–water partition coefficient (Wildman–Crippen LogP) is 2.24. The number of rotatable bonds is 6. The fourth-order valence-electron chi connectivity index (χ4n) is 2.59. The lowest BCUT2D eigenvalue weighted by molar-refractivity contribution is -0.123. The van der Waals surface area contributed by atoms with Crippen LogP contribution in [-0.2, 0) is 11.3 Å². The molecule has 0 heterocycles. The van der Waals surface area contributed by atoms with Gasteiger partial charge in [-0.25, -0.2) is 0 Å². The minimum Gasteiger partial charge on any atom is -0.337 e.